The van der Waals surface area contributed by atoms with Crippen molar-refractivity contribution in [2.75, 3.05) is 25.4 Å². The summed E-state index contributed by atoms with van der Waals surface area (Å²) in [5, 5.41) is 6.60. The Morgan fingerprint density at radius 2 is 1.75 bits per heavy atom. The van der Waals surface area contributed by atoms with Crippen molar-refractivity contribution in [3.05, 3.63) is 34.9 Å². The van der Waals surface area contributed by atoms with E-state index in [1.54, 1.807) is 0 Å². The lowest BCUT2D eigenvalue weighted by Gasteiger charge is -2.17. The van der Waals surface area contributed by atoms with Gasteiger partial charge in [0.2, 0.25) is 0 Å². The molecular weight excluding hydrogens is 318 g/mol. The van der Waals surface area contributed by atoms with Gasteiger partial charge in [0.15, 0.2) is 5.96 Å². The minimum atomic E-state index is -0.861. The van der Waals surface area contributed by atoms with Crippen LogP contribution in [0.5, 0.6) is 0 Å². The Hall–Kier alpha value is -1.36. The minimum absolute atomic E-state index is 0.176. The van der Waals surface area contributed by atoms with Crippen LogP contribution in [-0.4, -0.2) is 40.3 Å². The number of hydrogen-bond acceptors (Lipinski definition) is 2. The van der Waals surface area contributed by atoms with Gasteiger partial charge in [-0.2, -0.15) is 0 Å². The number of guanidine groups is 1. The molecule has 5 heteroatoms. The fourth-order valence-corrected chi connectivity index (χ4v) is 3.30. The van der Waals surface area contributed by atoms with E-state index in [1.807, 2.05) is 20.8 Å². The van der Waals surface area contributed by atoms with E-state index in [4.69, 9.17) is 0 Å². The lowest BCUT2D eigenvalue weighted by molar-refractivity contribution is 0.648. The van der Waals surface area contributed by atoms with Gasteiger partial charge in [-0.1, -0.05) is 29.3 Å². The zero-order chi connectivity index (χ0) is 18.2. The van der Waals surface area contributed by atoms with Crippen LogP contribution in [0, 0.1) is 13.8 Å². The second-order valence-corrected chi connectivity index (χ2v) is 9.42. The van der Waals surface area contributed by atoms with Crippen LogP contribution in [0.2, 0.25) is 0 Å². The Kier molecular flexibility index (Phi) is 8.46. The highest BCUT2D eigenvalue weighted by Gasteiger charge is 2.18. The van der Waals surface area contributed by atoms with Crippen LogP contribution in [0.25, 0.3) is 0 Å². The smallest absolute Gasteiger partial charge is 0.191 e. The number of nitrogens with one attached hydrogen (secondary N) is 2. The van der Waals surface area contributed by atoms with Crippen LogP contribution >= 0.6 is 0 Å². The first-order chi connectivity index (χ1) is 11.2. The molecule has 0 fully saturated rings. The second-order valence-electron chi connectivity index (χ2n) is 7.10. The first-order valence-corrected chi connectivity index (χ1v) is 10.0. The molecule has 2 N–H and O–H groups in total. The molecule has 136 valence electrons. The Bertz CT molecular complexity index is 556. The maximum Gasteiger partial charge on any atom is 0.191 e. The van der Waals surface area contributed by atoms with Crippen LogP contribution in [0.15, 0.2) is 23.2 Å². The Morgan fingerprint density at radius 3 is 2.29 bits per heavy atom. The monoisotopic (exact) mass is 351 g/mol. The molecule has 0 saturated heterocycles. The Morgan fingerprint density at radius 1 is 1.12 bits per heavy atom. The Balaban J connectivity index is 2.50. The average molecular weight is 352 g/mol. The lowest BCUT2D eigenvalue weighted by Crippen LogP contribution is -2.38. The van der Waals surface area contributed by atoms with Gasteiger partial charge < -0.3 is 10.6 Å². The van der Waals surface area contributed by atoms with E-state index >= 15 is 0 Å². The van der Waals surface area contributed by atoms with Gasteiger partial charge in [-0.3, -0.25) is 9.20 Å². The maximum absolute atomic E-state index is 12.1. The topological polar surface area (TPSA) is 53.5 Å². The van der Waals surface area contributed by atoms with E-state index in [2.05, 4.69) is 54.6 Å². The summed E-state index contributed by atoms with van der Waals surface area (Å²) in [4.78, 5) is 4.53. The van der Waals surface area contributed by atoms with Crippen LogP contribution in [-0.2, 0) is 17.2 Å². The van der Waals surface area contributed by atoms with Crippen molar-refractivity contribution in [1.82, 2.24) is 10.6 Å². The van der Waals surface area contributed by atoms with E-state index in [0.29, 0.717) is 12.3 Å². The number of benzene rings is 1. The molecule has 4 nitrogen and oxygen atoms in total. The van der Waals surface area contributed by atoms with E-state index in [9.17, 15) is 4.21 Å². The summed E-state index contributed by atoms with van der Waals surface area (Å²) in [6.07, 6.45) is 0.959. The number of aryl methyl sites for hydroxylation is 2. The van der Waals surface area contributed by atoms with Crippen molar-refractivity contribution in [1.29, 1.82) is 0 Å². The SMILES string of the molecule is CCNC(=NCCS(=O)C(C)(C)C)NCCc1cc(C)cc(C)c1. The zero-order valence-electron chi connectivity index (χ0n) is 16.0. The molecule has 1 unspecified atom stereocenters. The summed E-state index contributed by atoms with van der Waals surface area (Å²) < 4.78 is 11.9. The minimum Gasteiger partial charge on any atom is -0.357 e. The van der Waals surface area contributed by atoms with Gasteiger partial charge in [-0.25, -0.2) is 0 Å². The third-order valence-electron chi connectivity index (χ3n) is 3.56. The van der Waals surface area contributed by atoms with Gasteiger partial charge in [-0.05, 0) is 53.5 Å². The van der Waals surface area contributed by atoms with E-state index < -0.39 is 10.8 Å². The lowest BCUT2D eigenvalue weighted by atomic mass is 10.1. The number of aliphatic imine (C=N–C) groups is 1. The highest BCUT2D eigenvalue weighted by atomic mass is 32.2. The van der Waals surface area contributed by atoms with E-state index in [-0.39, 0.29) is 4.75 Å². The van der Waals surface area contributed by atoms with Gasteiger partial charge in [0.05, 0.1) is 6.54 Å². The summed E-state index contributed by atoms with van der Waals surface area (Å²) in [5.74, 6) is 1.39. The second kappa shape index (κ2) is 9.82. The highest BCUT2D eigenvalue weighted by Crippen LogP contribution is 2.11. The molecule has 0 spiro atoms. The van der Waals surface area contributed by atoms with Crippen LogP contribution in [0.3, 0.4) is 0 Å². The molecule has 0 aliphatic carbocycles. The molecule has 0 radical (unpaired) electrons. The fraction of sp³-hybridized carbons (Fsp3) is 0.632. The van der Waals surface area contributed by atoms with E-state index in [0.717, 1.165) is 25.5 Å². The van der Waals surface area contributed by atoms with Gasteiger partial charge >= 0.3 is 0 Å². The summed E-state index contributed by atoms with van der Waals surface area (Å²) in [5.41, 5.74) is 3.94. The van der Waals surface area contributed by atoms with Crippen molar-refractivity contribution < 1.29 is 4.21 Å². The largest absolute Gasteiger partial charge is 0.357 e. The molecule has 1 atom stereocenters. The standard InChI is InChI=1S/C19H33N3OS/c1-7-20-18(22-10-11-24(23)19(4,5)6)21-9-8-17-13-15(2)12-16(3)14-17/h12-14H,7-11H2,1-6H3,(H2,20,21,22). The number of nitrogens with zero attached hydrogens (tertiary/aromatic N) is 1. The van der Waals surface area contributed by atoms with Crippen molar-refractivity contribution in [3.8, 4) is 0 Å². The number of rotatable bonds is 7. The molecular formula is C19H33N3OS. The molecule has 0 aliphatic heterocycles. The average Bonchev–Trinajstić information content (AvgIpc) is 2.45. The molecule has 0 saturated carbocycles. The third-order valence-corrected chi connectivity index (χ3v) is 5.48. The predicted octanol–water partition coefficient (Wildman–Crippen LogP) is 2.95. The summed E-state index contributed by atoms with van der Waals surface area (Å²) in [6, 6.07) is 6.65. The molecule has 1 rings (SSSR count). The quantitative estimate of drug-likeness (QED) is 0.587. The Labute approximate surface area is 150 Å². The first kappa shape index (κ1) is 20.7. The summed E-state index contributed by atoms with van der Waals surface area (Å²) in [7, 11) is -0.861. The van der Waals surface area contributed by atoms with Gasteiger partial charge in [-0.15, -0.1) is 0 Å². The van der Waals surface area contributed by atoms with Crippen molar-refractivity contribution in [2.45, 2.75) is 52.7 Å². The fourth-order valence-electron chi connectivity index (χ4n) is 2.43. The number of hydrogen-bond donors (Lipinski definition) is 2. The predicted molar refractivity (Wildman–Crippen MR) is 106 cm³/mol. The van der Waals surface area contributed by atoms with Gasteiger partial charge in [0.1, 0.15) is 0 Å². The van der Waals surface area contributed by atoms with Crippen LogP contribution in [0.4, 0.5) is 0 Å². The highest BCUT2D eigenvalue weighted by molar-refractivity contribution is 7.86. The summed E-state index contributed by atoms with van der Waals surface area (Å²) >= 11 is 0. The van der Waals surface area contributed by atoms with Crippen molar-refractivity contribution in [2.24, 2.45) is 4.99 Å². The molecule has 0 bridgehead atoms. The van der Waals surface area contributed by atoms with Crippen molar-refractivity contribution >= 4 is 16.8 Å². The third kappa shape index (κ3) is 7.95. The molecule has 1 aromatic rings. The molecule has 1 aromatic carbocycles. The molecule has 0 heterocycles. The first-order valence-electron chi connectivity index (χ1n) is 8.70. The summed E-state index contributed by atoms with van der Waals surface area (Å²) in [6.45, 7) is 14.5. The van der Waals surface area contributed by atoms with Gasteiger partial charge in [0.25, 0.3) is 0 Å². The molecule has 24 heavy (non-hydrogen) atoms. The molecule has 0 aromatic heterocycles. The van der Waals surface area contributed by atoms with E-state index in [1.165, 1.54) is 16.7 Å². The zero-order valence-corrected chi connectivity index (χ0v) is 16.8. The van der Waals surface area contributed by atoms with Gasteiger partial charge in [0, 0.05) is 34.4 Å². The maximum atomic E-state index is 12.1. The van der Waals surface area contributed by atoms with Crippen LogP contribution < -0.4 is 10.6 Å². The molecule has 0 amide bonds. The normalized spacial score (nSPS) is 13.7. The van der Waals surface area contributed by atoms with Crippen LogP contribution in [0.1, 0.15) is 44.4 Å². The van der Waals surface area contributed by atoms with Crippen molar-refractivity contribution in [3.63, 3.8) is 0 Å². The molecule has 0 aliphatic rings.